The first-order chi connectivity index (χ1) is 8.90. The van der Waals surface area contributed by atoms with Gasteiger partial charge in [-0.25, -0.2) is 9.97 Å². The van der Waals surface area contributed by atoms with Gasteiger partial charge in [-0.1, -0.05) is 5.10 Å². The predicted molar refractivity (Wildman–Crippen MR) is 63.5 cm³/mol. The molecule has 0 amide bonds. The minimum atomic E-state index is 0.418. The number of nitrogens with zero attached hydrogens (tertiary/aromatic N) is 4. The first kappa shape index (κ1) is 11.1. The minimum absolute atomic E-state index is 0.418. The lowest BCUT2D eigenvalue weighted by Gasteiger charge is -1.99. The molecule has 18 heavy (non-hydrogen) atoms. The molecular weight excluding hydrogens is 232 g/mol. The molecule has 0 saturated heterocycles. The molecule has 0 aromatic carbocycles. The Labute approximate surface area is 104 Å². The fourth-order valence-corrected chi connectivity index (χ4v) is 1.50. The molecule has 2 heterocycles. The fraction of sp³-hybridized carbons (Fsp3) is 0.455. The Bertz CT molecular complexity index is 495. The molecular formula is C11H14N6O. The van der Waals surface area contributed by atoms with Crippen LogP contribution in [0.3, 0.4) is 0 Å². The van der Waals surface area contributed by atoms with E-state index < -0.39 is 0 Å². The van der Waals surface area contributed by atoms with E-state index in [2.05, 4.69) is 30.8 Å². The average molecular weight is 246 g/mol. The van der Waals surface area contributed by atoms with Crippen LogP contribution in [-0.4, -0.2) is 26.2 Å². The Hall–Kier alpha value is -2.02. The number of hydrogen-bond donors (Lipinski definition) is 2. The largest absolute Gasteiger partial charge is 0.407 e. The summed E-state index contributed by atoms with van der Waals surface area (Å²) in [6.45, 7) is 1.17. The van der Waals surface area contributed by atoms with Gasteiger partial charge in [-0.05, 0) is 18.9 Å². The van der Waals surface area contributed by atoms with Gasteiger partial charge in [0.25, 0.3) is 0 Å². The van der Waals surface area contributed by atoms with E-state index in [0.717, 1.165) is 5.69 Å². The van der Waals surface area contributed by atoms with Gasteiger partial charge in [-0.15, -0.1) is 5.10 Å². The summed E-state index contributed by atoms with van der Waals surface area (Å²) in [7, 11) is 0. The van der Waals surface area contributed by atoms with Gasteiger partial charge in [0.2, 0.25) is 5.89 Å². The summed E-state index contributed by atoms with van der Waals surface area (Å²) in [4.78, 5) is 7.95. The summed E-state index contributed by atoms with van der Waals surface area (Å²) < 4.78 is 5.44. The zero-order chi connectivity index (χ0) is 12.2. The van der Waals surface area contributed by atoms with Crippen molar-refractivity contribution in [2.24, 2.45) is 0 Å². The lowest BCUT2D eigenvalue weighted by molar-refractivity contribution is 0.475. The standard InChI is InChI=1S/C11H14N6O/c1-2-8(1)13-6-10-16-17-11(18-10)14-5-9-3-4-12-7-15-9/h3-4,7-8,13H,1-2,5-6H2,(H,14,17). The highest BCUT2D eigenvalue weighted by atomic mass is 16.4. The molecule has 2 N–H and O–H groups in total. The SMILES string of the molecule is c1cc(CNc2nnc(CNC3CC3)o2)ncn1. The van der Waals surface area contributed by atoms with Crippen LogP contribution in [0.4, 0.5) is 6.01 Å². The second-order valence-corrected chi connectivity index (χ2v) is 4.21. The van der Waals surface area contributed by atoms with Gasteiger partial charge in [-0.2, -0.15) is 0 Å². The maximum Gasteiger partial charge on any atom is 0.315 e. The molecule has 0 unspecified atom stereocenters. The first-order valence-electron chi connectivity index (χ1n) is 5.95. The second-order valence-electron chi connectivity index (χ2n) is 4.21. The van der Waals surface area contributed by atoms with Crippen molar-refractivity contribution in [2.75, 3.05) is 5.32 Å². The summed E-state index contributed by atoms with van der Waals surface area (Å²) in [6.07, 6.45) is 5.69. The van der Waals surface area contributed by atoms with Crippen LogP contribution in [0, 0.1) is 0 Å². The molecule has 0 atom stereocenters. The van der Waals surface area contributed by atoms with Gasteiger partial charge in [0.05, 0.1) is 18.8 Å². The van der Waals surface area contributed by atoms with Crippen LogP contribution in [0.1, 0.15) is 24.4 Å². The maximum absolute atomic E-state index is 5.44. The van der Waals surface area contributed by atoms with E-state index in [1.54, 1.807) is 6.20 Å². The number of aromatic nitrogens is 4. The minimum Gasteiger partial charge on any atom is -0.407 e. The number of anilines is 1. The zero-order valence-electron chi connectivity index (χ0n) is 9.83. The lowest BCUT2D eigenvalue weighted by atomic mass is 10.4. The molecule has 1 saturated carbocycles. The molecule has 0 bridgehead atoms. The summed E-state index contributed by atoms with van der Waals surface area (Å²) in [5.74, 6) is 0.604. The highest BCUT2D eigenvalue weighted by molar-refractivity contribution is 5.19. The molecule has 94 valence electrons. The van der Waals surface area contributed by atoms with Gasteiger partial charge in [0.1, 0.15) is 6.33 Å². The molecule has 1 aliphatic rings. The Morgan fingerprint density at radius 3 is 3.00 bits per heavy atom. The molecule has 3 rings (SSSR count). The summed E-state index contributed by atoms with van der Waals surface area (Å²) in [5, 5.41) is 14.2. The predicted octanol–water partition coefficient (Wildman–Crippen LogP) is 0.724. The number of nitrogens with one attached hydrogen (secondary N) is 2. The lowest BCUT2D eigenvalue weighted by Crippen LogP contribution is -2.15. The quantitative estimate of drug-likeness (QED) is 0.776. The zero-order valence-corrected chi connectivity index (χ0v) is 9.83. The van der Waals surface area contributed by atoms with Crippen LogP contribution < -0.4 is 10.6 Å². The fourth-order valence-electron chi connectivity index (χ4n) is 1.50. The molecule has 0 aliphatic heterocycles. The third-order valence-electron chi connectivity index (χ3n) is 2.65. The van der Waals surface area contributed by atoms with E-state index in [4.69, 9.17) is 4.42 Å². The van der Waals surface area contributed by atoms with Crippen LogP contribution in [0.5, 0.6) is 0 Å². The van der Waals surface area contributed by atoms with Crippen molar-refractivity contribution in [1.29, 1.82) is 0 Å². The van der Waals surface area contributed by atoms with Crippen molar-refractivity contribution in [2.45, 2.75) is 32.0 Å². The molecule has 0 radical (unpaired) electrons. The Kier molecular flexibility index (Phi) is 3.14. The van der Waals surface area contributed by atoms with E-state index in [1.807, 2.05) is 6.07 Å². The van der Waals surface area contributed by atoms with Crippen LogP contribution in [0.2, 0.25) is 0 Å². The Balaban J connectivity index is 1.50. The monoisotopic (exact) mass is 246 g/mol. The van der Waals surface area contributed by atoms with Crippen LogP contribution in [0.25, 0.3) is 0 Å². The summed E-state index contributed by atoms with van der Waals surface area (Å²) >= 11 is 0. The Morgan fingerprint density at radius 2 is 2.22 bits per heavy atom. The van der Waals surface area contributed by atoms with Crippen molar-refractivity contribution in [3.05, 3.63) is 30.2 Å². The van der Waals surface area contributed by atoms with E-state index in [1.165, 1.54) is 19.2 Å². The molecule has 2 aromatic heterocycles. The topological polar surface area (TPSA) is 88.8 Å². The van der Waals surface area contributed by atoms with Crippen molar-refractivity contribution in [1.82, 2.24) is 25.5 Å². The molecule has 1 aliphatic carbocycles. The highest BCUT2D eigenvalue weighted by Gasteiger charge is 2.21. The summed E-state index contributed by atoms with van der Waals surface area (Å²) in [6, 6.07) is 2.88. The third-order valence-corrected chi connectivity index (χ3v) is 2.65. The Morgan fingerprint density at radius 1 is 1.28 bits per heavy atom. The van der Waals surface area contributed by atoms with Gasteiger partial charge in [0.15, 0.2) is 0 Å². The van der Waals surface area contributed by atoms with E-state index in [9.17, 15) is 0 Å². The molecule has 2 aromatic rings. The van der Waals surface area contributed by atoms with E-state index >= 15 is 0 Å². The highest BCUT2D eigenvalue weighted by Crippen LogP contribution is 2.19. The maximum atomic E-state index is 5.44. The normalized spacial score (nSPS) is 14.7. The van der Waals surface area contributed by atoms with Crippen LogP contribution >= 0.6 is 0 Å². The smallest absolute Gasteiger partial charge is 0.315 e. The average Bonchev–Trinajstić information content (AvgIpc) is 3.14. The third kappa shape index (κ3) is 3.01. The van der Waals surface area contributed by atoms with Gasteiger partial charge >= 0.3 is 6.01 Å². The van der Waals surface area contributed by atoms with Gasteiger partial charge < -0.3 is 15.1 Å². The molecule has 7 nitrogen and oxygen atoms in total. The number of hydrogen-bond acceptors (Lipinski definition) is 7. The van der Waals surface area contributed by atoms with Crippen molar-refractivity contribution in [3.8, 4) is 0 Å². The van der Waals surface area contributed by atoms with Crippen LogP contribution in [0.15, 0.2) is 23.0 Å². The second kappa shape index (κ2) is 5.09. The van der Waals surface area contributed by atoms with E-state index in [0.29, 0.717) is 31.0 Å². The van der Waals surface area contributed by atoms with Gasteiger partial charge in [0, 0.05) is 12.2 Å². The summed E-state index contributed by atoms with van der Waals surface area (Å²) in [5.41, 5.74) is 0.876. The van der Waals surface area contributed by atoms with Crippen molar-refractivity contribution < 1.29 is 4.42 Å². The molecule has 7 heteroatoms. The number of rotatable bonds is 6. The van der Waals surface area contributed by atoms with Crippen molar-refractivity contribution >= 4 is 6.01 Å². The molecule has 0 spiro atoms. The molecule has 1 fully saturated rings. The van der Waals surface area contributed by atoms with Gasteiger partial charge in [-0.3, -0.25) is 0 Å². The van der Waals surface area contributed by atoms with E-state index in [-0.39, 0.29) is 0 Å². The van der Waals surface area contributed by atoms with Crippen molar-refractivity contribution in [3.63, 3.8) is 0 Å². The first-order valence-corrected chi connectivity index (χ1v) is 5.95. The van der Waals surface area contributed by atoms with Crippen LogP contribution in [-0.2, 0) is 13.1 Å².